The summed E-state index contributed by atoms with van der Waals surface area (Å²) in [5.74, 6) is -5.26. The van der Waals surface area contributed by atoms with Crippen molar-refractivity contribution in [2.75, 3.05) is 0 Å². The van der Waals surface area contributed by atoms with Crippen molar-refractivity contribution >= 4 is 56.7 Å². The number of amides is 3. The van der Waals surface area contributed by atoms with Gasteiger partial charge in [0.15, 0.2) is 28.7 Å². The number of carbonyl (C=O) groups is 3. The Morgan fingerprint density at radius 3 is 2.23 bits per heavy atom. The van der Waals surface area contributed by atoms with Gasteiger partial charge in [-0.1, -0.05) is 41.9 Å². The molecule has 0 saturated carbocycles. The van der Waals surface area contributed by atoms with Crippen LogP contribution in [0.4, 0.5) is 0 Å². The van der Waals surface area contributed by atoms with Crippen molar-refractivity contribution in [1.82, 2.24) is 20.9 Å². The van der Waals surface area contributed by atoms with Crippen molar-refractivity contribution in [1.29, 1.82) is 0 Å². The number of rotatable bonds is 11. The molecule has 13 nitrogen and oxygen atoms in total. The third-order valence-corrected chi connectivity index (χ3v) is 7.70. The summed E-state index contributed by atoms with van der Waals surface area (Å²) in [5.41, 5.74) is 7.65. The summed E-state index contributed by atoms with van der Waals surface area (Å²) in [7, 11) is 0. The van der Waals surface area contributed by atoms with Crippen LogP contribution >= 0.6 is 15.9 Å². The predicted molar refractivity (Wildman–Crippen MR) is 179 cm³/mol. The second-order valence-electron chi connectivity index (χ2n) is 11.0. The predicted octanol–water partition coefficient (Wildman–Crippen LogP) is 3.41. The molecule has 3 amide bonds. The molecule has 14 heteroatoms. The lowest BCUT2D eigenvalue weighted by atomic mass is 10.0. The molecule has 0 fully saturated rings. The number of hydrogen-bond acceptors (Lipinski definition) is 9. The van der Waals surface area contributed by atoms with Gasteiger partial charge in [-0.3, -0.25) is 14.4 Å². The molecule has 0 aliphatic rings. The van der Waals surface area contributed by atoms with Gasteiger partial charge in [0.25, 0.3) is 5.91 Å². The van der Waals surface area contributed by atoms with Crippen molar-refractivity contribution < 1.29 is 39.9 Å². The van der Waals surface area contributed by atoms with Gasteiger partial charge < -0.3 is 52.2 Å². The Morgan fingerprint density at radius 2 is 1.57 bits per heavy atom. The third-order valence-electron chi connectivity index (χ3n) is 7.20. The van der Waals surface area contributed by atoms with Crippen LogP contribution in [0, 0.1) is 5.92 Å². The first-order chi connectivity index (χ1) is 22.2. The van der Waals surface area contributed by atoms with Crippen LogP contribution in [0.1, 0.15) is 30.5 Å². The number of halogens is 1. The zero-order valence-electron chi connectivity index (χ0n) is 25.3. The lowest BCUT2D eigenvalue weighted by Crippen LogP contribution is -2.50. The van der Waals surface area contributed by atoms with Crippen LogP contribution < -0.4 is 21.7 Å². The number of phenolic OH excluding ortho intramolecular Hbond substituents is 5. The van der Waals surface area contributed by atoms with Crippen LogP contribution in [0.5, 0.6) is 28.7 Å². The fourth-order valence-electron chi connectivity index (χ4n) is 4.51. The van der Waals surface area contributed by atoms with Gasteiger partial charge in [0.05, 0.1) is 6.04 Å². The molecule has 3 aromatic carbocycles. The normalized spacial score (nSPS) is 13.1. The minimum atomic E-state index is -1.20. The maximum Gasteiger partial charge on any atom is 0.268 e. The van der Waals surface area contributed by atoms with Crippen molar-refractivity contribution in [3.8, 4) is 28.7 Å². The molecule has 0 unspecified atom stereocenters. The molecule has 0 aliphatic carbocycles. The van der Waals surface area contributed by atoms with E-state index in [0.29, 0.717) is 11.1 Å². The van der Waals surface area contributed by atoms with Crippen molar-refractivity contribution in [3.63, 3.8) is 0 Å². The molecule has 0 bridgehead atoms. The zero-order valence-corrected chi connectivity index (χ0v) is 26.9. The van der Waals surface area contributed by atoms with Gasteiger partial charge in [-0.25, -0.2) is 0 Å². The molecule has 0 saturated heterocycles. The number of benzene rings is 3. The van der Waals surface area contributed by atoms with Crippen LogP contribution in [0.15, 0.2) is 71.1 Å². The minimum Gasteiger partial charge on any atom is -0.504 e. The molecule has 4 rings (SSSR count). The Bertz CT molecular complexity index is 1860. The summed E-state index contributed by atoms with van der Waals surface area (Å²) in [6, 6.07) is 9.57. The monoisotopic (exact) mass is 707 g/mol. The minimum absolute atomic E-state index is 0.0144. The molecule has 0 aliphatic heterocycles. The van der Waals surface area contributed by atoms with Gasteiger partial charge >= 0.3 is 0 Å². The Kier molecular flexibility index (Phi) is 10.8. The van der Waals surface area contributed by atoms with Gasteiger partial charge in [-0.2, -0.15) is 0 Å². The second kappa shape index (κ2) is 14.7. The van der Waals surface area contributed by atoms with Crippen LogP contribution in [0.25, 0.3) is 23.1 Å². The molecule has 47 heavy (non-hydrogen) atoms. The Hall–Kier alpha value is -5.47. The van der Waals surface area contributed by atoms with E-state index in [0.717, 1.165) is 33.6 Å². The first-order valence-electron chi connectivity index (χ1n) is 14.3. The van der Waals surface area contributed by atoms with Crippen molar-refractivity contribution in [2.24, 2.45) is 11.7 Å². The second-order valence-corrected chi connectivity index (χ2v) is 12.0. The van der Waals surface area contributed by atoms with Crippen molar-refractivity contribution in [3.05, 3.63) is 87.8 Å². The molecule has 0 spiro atoms. The van der Waals surface area contributed by atoms with Gasteiger partial charge in [0.1, 0.15) is 11.7 Å². The number of nitrogens with two attached hydrogens (primary N) is 1. The Labute approximate surface area is 277 Å². The smallest absolute Gasteiger partial charge is 0.268 e. The van der Waals surface area contributed by atoms with Crippen LogP contribution in [0.3, 0.4) is 0 Å². The standard InChI is InChI=1S/C33H34BrN5O8/c1-16(2)29(35)33(47)39-23(9-18-11-27(42)30(44)28(43)12-18)32(46)38-24(13-19-15-37-22-14-20(34)4-5-21(19)22)31(45)36-8-7-17-3-6-25(40)26(41)10-17/h3-12,14-16,24,29,37,40-44H,13,35H2,1-2H3,(H,36,45)(H,38,46)(H,39,47)/b8-7+,23-9-/t24-,29-/m0/s1. The van der Waals surface area contributed by atoms with E-state index < -0.39 is 47.1 Å². The maximum absolute atomic E-state index is 13.8. The van der Waals surface area contributed by atoms with E-state index in [-0.39, 0.29) is 35.1 Å². The van der Waals surface area contributed by atoms with E-state index in [9.17, 15) is 39.9 Å². The lowest BCUT2D eigenvalue weighted by molar-refractivity contribution is -0.128. The highest BCUT2D eigenvalue weighted by Crippen LogP contribution is 2.36. The van der Waals surface area contributed by atoms with Gasteiger partial charge in [0, 0.05) is 34.2 Å². The topological polar surface area (TPSA) is 230 Å². The first kappa shape index (κ1) is 34.4. The number of aromatic hydroxyl groups is 5. The molecule has 1 aromatic heterocycles. The zero-order chi connectivity index (χ0) is 34.4. The number of hydrogen-bond donors (Lipinski definition) is 10. The summed E-state index contributed by atoms with van der Waals surface area (Å²) >= 11 is 3.43. The molecule has 0 radical (unpaired) electrons. The lowest BCUT2D eigenvalue weighted by Gasteiger charge is -2.21. The van der Waals surface area contributed by atoms with Crippen LogP contribution in [-0.2, 0) is 20.8 Å². The summed E-state index contributed by atoms with van der Waals surface area (Å²) in [6.07, 6.45) is 5.65. The Morgan fingerprint density at radius 1 is 0.894 bits per heavy atom. The molecular weight excluding hydrogens is 674 g/mol. The largest absolute Gasteiger partial charge is 0.504 e. The number of phenols is 5. The summed E-state index contributed by atoms with van der Waals surface area (Å²) in [4.78, 5) is 43.3. The number of nitrogens with one attached hydrogen (secondary N) is 4. The maximum atomic E-state index is 13.8. The molecule has 246 valence electrons. The average molecular weight is 709 g/mol. The highest BCUT2D eigenvalue weighted by molar-refractivity contribution is 9.10. The van der Waals surface area contributed by atoms with Crippen LogP contribution in [-0.4, -0.2) is 60.3 Å². The molecule has 1 heterocycles. The van der Waals surface area contributed by atoms with Gasteiger partial charge in [-0.15, -0.1) is 0 Å². The van der Waals surface area contributed by atoms with Crippen LogP contribution in [0.2, 0.25) is 0 Å². The summed E-state index contributed by atoms with van der Waals surface area (Å²) < 4.78 is 0.836. The van der Waals surface area contributed by atoms with E-state index in [2.05, 4.69) is 36.9 Å². The number of fused-ring (bicyclic) bond motifs is 1. The molecule has 11 N–H and O–H groups in total. The quantitative estimate of drug-likeness (QED) is 0.0812. The SMILES string of the molecule is CC(C)[C@H](N)C(=O)N/C(=C\c1cc(O)c(O)c(O)c1)C(=O)N[C@@H](Cc1c[nH]c2cc(Br)ccc12)C(=O)N/C=C/c1ccc(O)c(O)c1. The van der Waals surface area contributed by atoms with E-state index >= 15 is 0 Å². The number of H-pyrrole nitrogens is 1. The molecular formula is C33H34BrN5O8. The molecule has 2 atom stereocenters. The highest BCUT2D eigenvalue weighted by Gasteiger charge is 2.26. The third kappa shape index (κ3) is 8.62. The fraction of sp³-hybridized carbons (Fsp3) is 0.182. The Balaban J connectivity index is 1.67. The number of aromatic amines is 1. The highest BCUT2D eigenvalue weighted by atomic mass is 79.9. The fourth-order valence-corrected chi connectivity index (χ4v) is 4.87. The van der Waals surface area contributed by atoms with Gasteiger partial charge in [0.2, 0.25) is 11.8 Å². The summed E-state index contributed by atoms with van der Waals surface area (Å²) in [5, 5.41) is 57.6. The van der Waals surface area contributed by atoms with E-state index in [1.165, 1.54) is 30.5 Å². The number of carbonyl (C=O) groups excluding carboxylic acids is 3. The van der Waals surface area contributed by atoms with E-state index in [1.807, 2.05) is 18.2 Å². The first-order valence-corrected chi connectivity index (χ1v) is 15.1. The van der Waals surface area contributed by atoms with Crippen molar-refractivity contribution in [2.45, 2.75) is 32.4 Å². The average Bonchev–Trinajstić information content (AvgIpc) is 3.41. The summed E-state index contributed by atoms with van der Waals surface area (Å²) in [6.45, 7) is 3.44. The van der Waals surface area contributed by atoms with E-state index in [4.69, 9.17) is 5.73 Å². The molecule has 4 aromatic rings. The number of aromatic nitrogens is 1. The van der Waals surface area contributed by atoms with E-state index in [1.54, 1.807) is 20.0 Å². The van der Waals surface area contributed by atoms with Gasteiger partial charge in [-0.05, 0) is 71.2 Å².